The Morgan fingerprint density at radius 3 is 2.86 bits per heavy atom. The Morgan fingerprint density at radius 2 is 2.25 bits per heavy atom. The lowest BCUT2D eigenvalue weighted by Gasteiger charge is -2.47. The van der Waals surface area contributed by atoms with Crippen molar-refractivity contribution in [1.82, 2.24) is 15.6 Å². The van der Waals surface area contributed by atoms with Gasteiger partial charge < -0.3 is 21.2 Å². The van der Waals surface area contributed by atoms with E-state index in [1.807, 2.05) is 11.3 Å². The topological polar surface area (TPSA) is 88.6 Å². The molecule has 0 saturated carbocycles. The maximum absolute atomic E-state index is 6.36. The van der Waals surface area contributed by atoms with Crippen molar-refractivity contribution >= 4 is 11.3 Å². The quantitative estimate of drug-likeness (QED) is 0.452. The lowest BCUT2D eigenvalue weighted by atomic mass is 9.79. The van der Waals surface area contributed by atoms with Crippen molar-refractivity contribution in [3.05, 3.63) is 33.3 Å². The molecule has 1 spiro atoms. The first-order valence-electron chi connectivity index (χ1n) is 10.7. The van der Waals surface area contributed by atoms with Gasteiger partial charge in [-0.25, -0.2) is 0 Å². The molecule has 4 heterocycles. The number of rotatable bonds is 4. The van der Waals surface area contributed by atoms with Crippen molar-refractivity contribution in [3.8, 4) is 0 Å². The highest BCUT2D eigenvalue weighted by molar-refractivity contribution is 7.12. The SMILES string of the molecule is C1CCNC1.CCc1cc2c(s1)CCO[C@@]21CCN(C/C(N)=C/NN)[C@@H](C)C1. The average molecular weight is 408 g/mol. The van der Waals surface area contributed by atoms with Crippen LogP contribution in [-0.4, -0.2) is 43.7 Å². The number of likely N-dealkylation sites (tertiary alicyclic amines) is 1. The summed E-state index contributed by atoms with van der Waals surface area (Å²) in [6.45, 7) is 9.60. The minimum atomic E-state index is -0.0853. The van der Waals surface area contributed by atoms with Gasteiger partial charge in [-0.15, -0.1) is 11.3 Å². The van der Waals surface area contributed by atoms with Crippen LogP contribution >= 0.6 is 11.3 Å². The second-order valence-electron chi connectivity index (χ2n) is 8.11. The van der Waals surface area contributed by atoms with Gasteiger partial charge in [-0.05, 0) is 63.7 Å². The molecule has 3 aliphatic rings. The fourth-order valence-electron chi connectivity index (χ4n) is 4.52. The van der Waals surface area contributed by atoms with Gasteiger partial charge in [0.15, 0.2) is 0 Å². The van der Waals surface area contributed by atoms with E-state index in [1.54, 1.807) is 11.1 Å². The highest BCUT2D eigenvalue weighted by Gasteiger charge is 2.44. The van der Waals surface area contributed by atoms with Gasteiger partial charge in [-0.1, -0.05) is 6.92 Å². The standard InChI is InChI=1S/C17H28N4OS.C4H9N/c1-3-14-8-15-16(23-14)4-7-22-17(15)5-6-21(12(2)9-17)11-13(18)10-20-19;1-2-4-5-3-1/h8,10,12,20H,3-7,9,11,18-19H2,1-2H3;5H,1-4H2/b13-10-;/t12-,17+;/m0./s1. The minimum Gasteiger partial charge on any atom is -0.400 e. The lowest BCUT2D eigenvalue weighted by Crippen LogP contribution is -2.51. The van der Waals surface area contributed by atoms with Crippen LogP contribution < -0.4 is 22.3 Å². The van der Waals surface area contributed by atoms with Crippen LogP contribution in [0.1, 0.15) is 54.8 Å². The molecule has 0 aromatic carbocycles. The first kappa shape index (κ1) is 21.6. The highest BCUT2D eigenvalue weighted by atomic mass is 32.1. The first-order valence-corrected chi connectivity index (χ1v) is 11.5. The molecule has 0 amide bonds. The predicted octanol–water partition coefficient (Wildman–Crippen LogP) is 2.20. The fraction of sp³-hybridized carbons (Fsp3) is 0.714. The highest BCUT2D eigenvalue weighted by Crippen LogP contribution is 2.46. The molecule has 0 unspecified atom stereocenters. The summed E-state index contributed by atoms with van der Waals surface area (Å²) >= 11 is 1.98. The smallest absolute Gasteiger partial charge is 0.0969 e. The fourth-order valence-corrected chi connectivity index (χ4v) is 5.70. The molecule has 3 aliphatic heterocycles. The molecule has 0 radical (unpaired) electrons. The van der Waals surface area contributed by atoms with Crippen LogP contribution in [0.4, 0.5) is 0 Å². The molecule has 28 heavy (non-hydrogen) atoms. The summed E-state index contributed by atoms with van der Waals surface area (Å²) in [5, 5.41) is 3.22. The summed E-state index contributed by atoms with van der Waals surface area (Å²) in [7, 11) is 0. The van der Waals surface area contributed by atoms with Crippen LogP contribution in [0.25, 0.3) is 0 Å². The van der Waals surface area contributed by atoms with Crippen molar-refractivity contribution in [2.75, 3.05) is 32.8 Å². The summed E-state index contributed by atoms with van der Waals surface area (Å²) in [4.78, 5) is 5.44. The second kappa shape index (κ2) is 10.1. The third-order valence-corrected chi connectivity index (χ3v) is 7.41. The maximum Gasteiger partial charge on any atom is 0.0969 e. The molecule has 158 valence electrons. The number of piperidine rings is 1. The number of nitrogens with zero attached hydrogens (tertiary/aromatic N) is 1. The van der Waals surface area contributed by atoms with E-state index < -0.39 is 0 Å². The van der Waals surface area contributed by atoms with E-state index in [-0.39, 0.29) is 5.60 Å². The van der Waals surface area contributed by atoms with E-state index in [2.05, 4.69) is 35.6 Å². The van der Waals surface area contributed by atoms with Gasteiger partial charge in [0.05, 0.1) is 12.2 Å². The number of nitrogens with one attached hydrogen (secondary N) is 2. The minimum absolute atomic E-state index is 0.0853. The Morgan fingerprint density at radius 1 is 1.46 bits per heavy atom. The monoisotopic (exact) mass is 407 g/mol. The van der Waals surface area contributed by atoms with Gasteiger partial charge in [0, 0.05) is 47.2 Å². The third kappa shape index (κ3) is 5.07. The average Bonchev–Trinajstić information content (AvgIpc) is 3.38. The van der Waals surface area contributed by atoms with E-state index in [1.165, 1.54) is 36.4 Å². The van der Waals surface area contributed by atoms with Crippen molar-refractivity contribution < 1.29 is 4.74 Å². The normalized spacial score (nSPS) is 28.0. The van der Waals surface area contributed by atoms with E-state index in [4.69, 9.17) is 16.3 Å². The van der Waals surface area contributed by atoms with Gasteiger partial charge >= 0.3 is 0 Å². The van der Waals surface area contributed by atoms with Crippen LogP contribution in [0.5, 0.6) is 0 Å². The first-order chi connectivity index (χ1) is 13.6. The van der Waals surface area contributed by atoms with Crippen molar-refractivity contribution in [2.45, 2.75) is 64.0 Å². The number of nitrogens with two attached hydrogens (primary N) is 2. The van der Waals surface area contributed by atoms with Gasteiger partial charge in [0.1, 0.15) is 0 Å². The van der Waals surface area contributed by atoms with E-state index in [9.17, 15) is 0 Å². The Bertz CT molecular complexity index is 650. The summed E-state index contributed by atoms with van der Waals surface area (Å²) < 4.78 is 6.36. The van der Waals surface area contributed by atoms with Crippen molar-refractivity contribution in [2.24, 2.45) is 11.6 Å². The number of thiophene rings is 1. The summed E-state index contributed by atoms with van der Waals surface area (Å²) in [6.07, 6.45) is 8.69. The van der Waals surface area contributed by atoms with Crippen molar-refractivity contribution in [3.63, 3.8) is 0 Å². The molecule has 2 fully saturated rings. The Kier molecular flexibility index (Phi) is 7.77. The molecule has 0 aliphatic carbocycles. The zero-order chi connectivity index (χ0) is 20.0. The molecular formula is C21H37N5OS. The number of aryl methyl sites for hydroxylation is 1. The van der Waals surface area contributed by atoms with Gasteiger partial charge in [0.2, 0.25) is 0 Å². The zero-order valence-electron chi connectivity index (χ0n) is 17.4. The number of ether oxygens (including phenoxy) is 1. The van der Waals surface area contributed by atoms with E-state index >= 15 is 0 Å². The molecule has 2 saturated heterocycles. The van der Waals surface area contributed by atoms with Gasteiger partial charge in [-0.2, -0.15) is 0 Å². The molecule has 2 atom stereocenters. The molecule has 0 bridgehead atoms. The maximum atomic E-state index is 6.36. The van der Waals surface area contributed by atoms with Crippen LogP contribution in [0.15, 0.2) is 18.0 Å². The van der Waals surface area contributed by atoms with E-state index in [0.29, 0.717) is 6.04 Å². The third-order valence-electron chi connectivity index (χ3n) is 6.07. The molecule has 7 heteroatoms. The van der Waals surface area contributed by atoms with Crippen LogP contribution in [-0.2, 0) is 23.2 Å². The number of fused-ring (bicyclic) bond motifs is 2. The molecule has 6 nitrogen and oxygen atoms in total. The Hall–Kier alpha value is -1.12. The Labute approximate surface area is 173 Å². The number of hydrazine groups is 1. The van der Waals surface area contributed by atoms with Crippen LogP contribution in [0, 0.1) is 0 Å². The largest absolute Gasteiger partial charge is 0.400 e. The summed E-state index contributed by atoms with van der Waals surface area (Å²) in [5.41, 5.74) is 10.7. The predicted molar refractivity (Wildman–Crippen MR) is 117 cm³/mol. The summed E-state index contributed by atoms with van der Waals surface area (Å²) in [6, 6.07) is 2.83. The van der Waals surface area contributed by atoms with Crippen LogP contribution in [0.2, 0.25) is 0 Å². The van der Waals surface area contributed by atoms with Gasteiger partial charge in [-0.3, -0.25) is 10.7 Å². The number of hydrogen-bond acceptors (Lipinski definition) is 7. The molecule has 1 aromatic rings. The molecule has 6 N–H and O–H groups in total. The zero-order valence-corrected chi connectivity index (χ0v) is 18.2. The lowest BCUT2D eigenvalue weighted by molar-refractivity contribution is -0.109. The van der Waals surface area contributed by atoms with Gasteiger partial charge in [0.25, 0.3) is 0 Å². The second-order valence-corrected chi connectivity index (χ2v) is 9.33. The summed E-state index contributed by atoms with van der Waals surface area (Å²) in [5.74, 6) is 5.31. The number of hydrogen-bond donors (Lipinski definition) is 4. The molecule has 4 rings (SSSR count). The van der Waals surface area contributed by atoms with Crippen molar-refractivity contribution in [1.29, 1.82) is 0 Å². The molecule has 1 aromatic heterocycles. The Balaban J connectivity index is 0.000000391. The molecular weight excluding hydrogens is 370 g/mol. The van der Waals surface area contributed by atoms with Crippen LogP contribution in [0.3, 0.4) is 0 Å². The van der Waals surface area contributed by atoms with E-state index in [0.717, 1.165) is 51.1 Å².